The molecule has 0 spiro atoms. The maximum absolute atomic E-state index is 12.5. The van der Waals surface area contributed by atoms with Gasteiger partial charge in [0.1, 0.15) is 0 Å². The van der Waals surface area contributed by atoms with Gasteiger partial charge in [0.2, 0.25) is 11.1 Å². The molecule has 8 heteroatoms. The lowest BCUT2D eigenvalue weighted by molar-refractivity contribution is -0.115. The van der Waals surface area contributed by atoms with Crippen LogP contribution in [0.2, 0.25) is 0 Å². The number of tetrazole rings is 1. The van der Waals surface area contributed by atoms with Crippen molar-refractivity contribution in [2.24, 2.45) is 0 Å². The van der Waals surface area contributed by atoms with Crippen LogP contribution >= 0.6 is 11.8 Å². The second-order valence-corrected chi connectivity index (χ2v) is 7.41. The van der Waals surface area contributed by atoms with Crippen molar-refractivity contribution in [3.05, 3.63) is 59.2 Å². The first-order valence-corrected chi connectivity index (χ1v) is 9.19. The Kier molecular flexibility index (Phi) is 5.52. The van der Waals surface area contributed by atoms with Crippen molar-refractivity contribution >= 4 is 23.4 Å². The first kappa shape index (κ1) is 18.6. The highest BCUT2D eigenvalue weighted by atomic mass is 32.2. The van der Waals surface area contributed by atoms with Gasteiger partial charge < -0.3 is 5.32 Å². The molecule has 0 bridgehead atoms. The fraction of sp³-hybridized carbons (Fsp3) is 0.211. The Labute approximate surface area is 161 Å². The molecule has 2 aromatic carbocycles. The van der Waals surface area contributed by atoms with Crippen molar-refractivity contribution in [3.63, 3.8) is 0 Å². The third-order valence-electron chi connectivity index (χ3n) is 3.95. The van der Waals surface area contributed by atoms with Crippen LogP contribution in [0.4, 0.5) is 5.69 Å². The first-order chi connectivity index (χ1) is 13.0. The average Bonchev–Trinajstić information content (AvgIpc) is 3.10. The van der Waals surface area contributed by atoms with Crippen LogP contribution in [-0.2, 0) is 4.79 Å². The molecule has 0 radical (unpaired) electrons. The van der Waals surface area contributed by atoms with Gasteiger partial charge in [0.15, 0.2) is 0 Å². The lowest BCUT2D eigenvalue weighted by Gasteiger charge is -2.13. The average molecular weight is 378 g/mol. The van der Waals surface area contributed by atoms with Crippen LogP contribution in [0.25, 0.3) is 5.69 Å². The van der Waals surface area contributed by atoms with Crippen LogP contribution in [0.5, 0.6) is 0 Å². The van der Waals surface area contributed by atoms with E-state index in [2.05, 4.69) is 26.9 Å². The molecule has 3 rings (SSSR count). The molecule has 27 heavy (non-hydrogen) atoms. The summed E-state index contributed by atoms with van der Waals surface area (Å²) in [6.45, 7) is 5.83. The maximum atomic E-state index is 12.5. The van der Waals surface area contributed by atoms with Gasteiger partial charge in [0.05, 0.1) is 22.6 Å². The number of hydrogen-bond acceptors (Lipinski definition) is 6. The molecule has 0 fully saturated rings. The number of carbonyl (C=O) groups excluding carboxylic acids is 1. The summed E-state index contributed by atoms with van der Waals surface area (Å²) < 4.78 is 1.64. The van der Waals surface area contributed by atoms with Crippen LogP contribution in [0, 0.1) is 25.2 Å². The van der Waals surface area contributed by atoms with E-state index in [0.717, 1.165) is 16.8 Å². The molecule has 1 heterocycles. The zero-order valence-corrected chi connectivity index (χ0v) is 16.0. The normalized spacial score (nSPS) is 11.6. The summed E-state index contributed by atoms with van der Waals surface area (Å²) in [5.41, 5.74) is 4.28. The molecule has 136 valence electrons. The van der Waals surface area contributed by atoms with E-state index in [1.54, 1.807) is 35.9 Å². The Hall–Kier alpha value is -3.18. The van der Waals surface area contributed by atoms with Crippen molar-refractivity contribution in [2.45, 2.75) is 31.2 Å². The molecule has 0 unspecified atom stereocenters. The molecule has 1 N–H and O–H groups in total. The van der Waals surface area contributed by atoms with Crippen LogP contribution < -0.4 is 5.32 Å². The highest BCUT2D eigenvalue weighted by Gasteiger charge is 2.20. The van der Waals surface area contributed by atoms with Crippen molar-refractivity contribution in [3.8, 4) is 11.8 Å². The molecule has 3 aromatic rings. The van der Waals surface area contributed by atoms with Crippen molar-refractivity contribution < 1.29 is 4.79 Å². The fourth-order valence-corrected chi connectivity index (χ4v) is 3.33. The molecule has 1 aromatic heterocycles. The molecule has 0 aliphatic carbocycles. The summed E-state index contributed by atoms with van der Waals surface area (Å²) in [6.07, 6.45) is 0. The van der Waals surface area contributed by atoms with Gasteiger partial charge in [0.25, 0.3) is 0 Å². The number of amides is 1. The minimum atomic E-state index is -0.406. The second kappa shape index (κ2) is 8.01. The third-order valence-corrected chi connectivity index (χ3v) is 4.99. The Bertz CT molecular complexity index is 1010. The van der Waals surface area contributed by atoms with Crippen LogP contribution in [0.3, 0.4) is 0 Å². The van der Waals surface area contributed by atoms with E-state index in [0.29, 0.717) is 16.4 Å². The SMILES string of the molecule is Cc1ccc(-n2nnnc2S[C@@H](C)C(=O)Nc2ccc(C#N)cc2)c(C)c1. The fourth-order valence-electron chi connectivity index (χ4n) is 2.53. The van der Waals surface area contributed by atoms with Crippen molar-refractivity contribution in [1.82, 2.24) is 20.2 Å². The number of aromatic nitrogens is 4. The minimum absolute atomic E-state index is 0.167. The van der Waals surface area contributed by atoms with E-state index < -0.39 is 5.25 Å². The number of nitrogens with one attached hydrogen (secondary N) is 1. The van der Waals surface area contributed by atoms with E-state index in [-0.39, 0.29) is 5.91 Å². The standard InChI is InChI=1S/C19H18N6OS/c1-12-4-9-17(13(2)10-12)25-19(22-23-24-25)27-14(3)18(26)21-16-7-5-15(11-20)6-8-16/h4-10,14H,1-3H3,(H,21,26)/t14-/m0/s1. The number of rotatable bonds is 5. The Morgan fingerprint density at radius 1 is 1.22 bits per heavy atom. The molecule has 0 saturated heterocycles. The quantitative estimate of drug-likeness (QED) is 0.685. The van der Waals surface area contributed by atoms with Gasteiger partial charge in [-0.25, -0.2) is 0 Å². The summed E-state index contributed by atoms with van der Waals surface area (Å²) in [5.74, 6) is -0.167. The minimum Gasteiger partial charge on any atom is -0.325 e. The molecule has 1 atom stereocenters. The lowest BCUT2D eigenvalue weighted by Crippen LogP contribution is -2.23. The third kappa shape index (κ3) is 4.33. The lowest BCUT2D eigenvalue weighted by atomic mass is 10.1. The summed E-state index contributed by atoms with van der Waals surface area (Å²) in [7, 11) is 0. The van der Waals surface area contributed by atoms with Crippen LogP contribution in [-0.4, -0.2) is 31.4 Å². The summed E-state index contributed by atoms with van der Waals surface area (Å²) in [5, 5.41) is 23.7. The number of benzene rings is 2. The van der Waals surface area contributed by atoms with E-state index >= 15 is 0 Å². The van der Waals surface area contributed by atoms with Gasteiger partial charge in [0, 0.05) is 5.69 Å². The van der Waals surface area contributed by atoms with Gasteiger partial charge in [-0.05, 0) is 67.1 Å². The van der Waals surface area contributed by atoms with E-state index in [1.807, 2.05) is 32.0 Å². The Balaban J connectivity index is 1.72. The van der Waals surface area contributed by atoms with E-state index in [4.69, 9.17) is 5.26 Å². The van der Waals surface area contributed by atoms with Gasteiger partial charge in [-0.2, -0.15) is 9.94 Å². The predicted octanol–water partition coefficient (Wildman–Crippen LogP) is 3.27. The molecule has 1 amide bonds. The number of nitrogens with zero attached hydrogens (tertiary/aromatic N) is 5. The summed E-state index contributed by atoms with van der Waals surface area (Å²) in [6, 6.07) is 14.8. The molecular formula is C19H18N6OS. The van der Waals surface area contributed by atoms with Crippen molar-refractivity contribution in [1.29, 1.82) is 5.26 Å². The Morgan fingerprint density at radius 3 is 2.63 bits per heavy atom. The summed E-state index contributed by atoms with van der Waals surface area (Å²) >= 11 is 1.28. The van der Waals surface area contributed by atoms with Gasteiger partial charge in [-0.15, -0.1) is 5.10 Å². The van der Waals surface area contributed by atoms with Gasteiger partial charge >= 0.3 is 0 Å². The number of aryl methyl sites for hydroxylation is 2. The molecule has 0 aliphatic heterocycles. The number of anilines is 1. The number of carbonyl (C=O) groups is 1. The first-order valence-electron chi connectivity index (χ1n) is 8.31. The second-order valence-electron chi connectivity index (χ2n) is 6.10. The predicted molar refractivity (Wildman–Crippen MR) is 104 cm³/mol. The van der Waals surface area contributed by atoms with E-state index in [1.165, 1.54) is 11.8 Å². The molecule has 0 saturated carbocycles. The van der Waals surface area contributed by atoms with E-state index in [9.17, 15) is 4.79 Å². The van der Waals surface area contributed by atoms with Crippen LogP contribution in [0.1, 0.15) is 23.6 Å². The van der Waals surface area contributed by atoms with Crippen molar-refractivity contribution in [2.75, 3.05) is 5.32 Å². The maximum Gasteiger partial charge on any atom is 0.237 e. The zero-order chi connectivity index (χ0) is 19.4. The van der Waals surface area contributed by atoms with Gasteiger partial charge in [-0.1, -0.05) is 29.5 Å². The monoisotopic (exact) mass is 378 g/mol. The topological polar surface area (TPSA) is 96.5 Å². The smallest absolute Gasteiger partial charge is 0.237 e. The zero-order valence-electron chi connectivity index (χ0n) is 15.2. The number of hydrogen-bond donors (Lipinski definition) is 1. The largest absolute Gasteiger partial charge is 0.325 e. The highest BCUT2D eigenvalue weighted by Crippen LogP contribution is 2.25. The molecule has 7 nitrogen and oxygen atoms in total. The highest BCUT2D eigenvalue weighted by molar-refractivity contribution is 8.00. The number of nitriles is 1. The van der Waals surface area contributed by atoms with Crippen LogP contribution in [0.15, 0.2) is 47.6 Å². The summed E-state index contributed by atoms with van der Waals surface area (Å²) in [4.78, 5) is 12.5. The molecule has 0 aliphatic rings. The number of thioether (sulfide) groups is 1. The molecular weight excluding hydrogens is 360 g/mol. The Morgan fingerprint density at radius 2 is 1.96 bits per heavy atom. The van der Waals surface area contributed by atoms with Gasteiger partial charge in [-0.3, -0.25) is 4.79 Å².